The maximum Gasteiger partial charge on any atom is 0.315 e. The Morgan fingerprint density at radius 2 is 1.61 bits per heavy atom. The van der Waals surface area contributed by atoms with Crippen LogP contribution < -0.4 is 41.0 Å². The second kappa shape index (κ2) is 21.8. The van der Waals surface area contributed by atoms with Crippen LogP contribution in [0.4, 0.5) is 10.5 Å². The topological polar surface area (TPSA) is 184 Å². The molecule has 6 atom stereocenters. The highest BCUT2D eigenvalue weighted by Gasteiger charge is 2.43. The fourth-order valence-corrected chi connectivity index (χ4v) is 9.78. The van der Waals surface area contributed by atoms with E-state index in [-0.39, 0.29) is 36.2 Å². The summed E-state index contributed by atoms with van der Waals surface area (Å²) in [5, 5.41) is 15.0. The van der Waals surface area contributed by atoms with Crippen molar-refractivity contribution >= 4 is 52.9 Å². The molecule has 0 unspecified atom stereocenters. The molecular formula is C49H56N6O8S. The summed E-state index contributed by atoms with van der Waals surface area (Å²) in [6, 6.07) is 28.4. The maximum atomic E-state index is 14.2. The summed E-state index contributed by atoms with van der Waals surface area (Å²) in [6.07, 6.45) is 4.75. The lowest BCUT2D eigenvalue weighted by Gasteiger charge is -2.28. The Kier molecular flexibility index (Phi) is 15.6. The molecule has 0 saturated carbocycles. The highest BCUT2D eigenvalue weighted by atomic mass is 32.2. The van der Waals surface area contributed by atoms with Crippen LogP contribution in [0.3, 0.4) is 0 Å². The van der Waals surface area contributed by atoms with Crippen LogP contribution in [0.25, 0.3) is 0 Å². The molecule has 0 aliphatic carbocycles. The number of rotatable bonds is 20. The van der Waals surface area contributed by atoms with Crippen molar-refractivity contribution in [1.82, 2.24) is 26.6 Å². The van der Waals surface area contributed by atoms with Crippen molar-refractivity contribution in [3.8, 4) is 11.5 Å². The summed E-state index contributed by atoms with van der Waals surface area (Å²) in [5.41, 5.74) is 2.77. The maximum absolute atomic E-state index is 14.2. The van der Waals surface area contributed by atoms with Gasteiger partial charge in [0.25, 0.3) is 5.91 Å². The van der Waals surface area contributed by atoms with Crippen molar-refractivity contribution in [1.29, 1.82) is 0 Å². The van der Waals surface area contributed by atoms with Gasteiger partial charge < -0.3 is 41.0 Å². The molecule has 0 spiro atoms. The summed E-state index contributed by atoms with van der Waals surface area (Å²) in [7, 11) is 1.62. The van der Waals surface area contributed by atoms with Crippen molar-refractivity contribution in [3.63, 3.8) is 0 Å². The van der Waals surface area contributed by atoms with E-state index in [1.54, 1.807) is 80.7 Å². The Hall–Kier alpha value is -6.35. The lowest BCUT2D eigenvalue weighted by Crippen LogP contribution is -2.55. The first-order valence-electron chi connectivity index (χ1n) is 22.0. The number of thioether (sulfide) groups is 1. The molecule has 4 aromatic rings. The van der Waals surface area contributed by atoms with E-state index >= 15 is 0 Å². The molecule has 5 N–H and O–H groups in total. The molecule has 0 bridgehead atoms. The molecule has 4 aromatic carbocycles. The van der Waals surface area contributed by atoms with Gasteiger partial charge in [0.15, 0.2) is 11.9 Å². The molecule has 0 radical (unpaired) electrons. The molecule has 3 aliphatic rings. The number of likely N-dealkylation sites (N-methyl/N-ethyl adjacent to an activating group) is 1. The summed E-state index contributed by atoms with van der Waals surface area (Å²) >= 11 is 1.89. The van der Waals surface area contributed by atoms with Crippen molar-refractivity contribution in [2.45, 2.75) is 93.8 Å². The van der Waals surface area contributed by atoms with Crippen LogP contribution in [0.1, 0.15) is 85.0 Å². The van der Waals surface area contributed by atoms with Crippen molar-refractivity contribution in [2.24, 2.45) is 0 Å². The van der Waals surface area contributed by atoms with E-state index in [1.165, 1.54) is 4.90 Å². The van der Waals surface area contributed by atoms with E-state index in [0.29, 0.717) is 64.3 Å². The van der Waals surface area contributed by atoms with Crippen LogP contribution >= 0.6 is 11.8 Å². The van der Waals surface area contributed by atoms with Gasteiger partial charge in [0.1, 0.15) is 23.6 Å². The van der Waals surface area contributed by atoms with Gasteiger partial charge in [-0.25, -0.2) is 4.79 Å². The number of anilines is 1. The monoisotopic (exact) mass is 888 g/mol. The van der Waals surface area contributed by atoms with Gasteiger partial charge in [0.2, 0.25) is 17.7 Å². The van der Waals surface area contributed by atoms with E-state index in [4.69, 9.17) is 9.47 Å². The largest absolute Gasteiger partial charge is 0.494 e. The lowest BCUT2D eigenvalue weighted by atomic mass is 10.00. The lowest BCUT2D eigenvalue weighted by molar-refractivity contribution is -0.132. The molecule has 2 saturated heterocycles. The number of benzene rings is 4. The number of ether oxygens (including phenoxy) is 2. The fraction of sp³-hybridized carbons (Fsp3) is 0.388. The third kappa shape index (κ3) is 11.8. The van der Waals surface area contributed by atoms with Gasteiger partial charge >= 0.3 is 6.03 Å². The van der Waals surface area contributed by atoms with Gasteiger partial charge in [-0.1, -0.05) is 85.3 Å². The quantitative estimate of drug-likeness (QED) is 0.0426. The first-order valence-corrected chi connectivity index (χ1v) is 23.1. The number of carbonyl (C=O) groups excluding carboxylic acids is 6. The standard InChI is InChI=1S/C49H56N6O8S/c1-31(51-42(57)28-32-15-14-20-35(27-32)45(58)33-16-6-3-7-17-33)47(59)53-44-46(34-18-8-4-9-19-34)63-39-24-23-36(29-38(39)55(2)48(44)60)62-26-13-5-12-25-50-41(56)22-11-10-21-40-43-37(30-64-40)52-49(61)54-43/h3-4,6-9,14-20,23-24,27,29,31,37,40,43-44,46H,5,10-13,21-22,25-26,28,30H2,1-2H3,(H,50,56)(H,51,57)(H,53,59)(H2,52,54,61)/t31-,37-,40-,43-,44-,46+/m0/s1. The van der Waals surface area contributed by atoms with Gasteiger partial charge in [-0.2, -0.15) is 11.8 Å². The molecule has 336 valence electrons. The van der Waals surface area contributed by atoms with Gasteiger partial charge in [0.05, 0.1) is 30.8 Å². The van der Waals surface area contributed by atoms with Crippen molar-refractivity contribution in [3.05, 3.63) is 125 Å². The van der Waals surface area contributed by atoms with Crippen LogP contribution in [0.5, 0.6) is 11.5 Å². The highest BCUT2D eigenvalue weighted by molar-refractivity contribution is 8.00. The summed E-state index contributed by atoms with van der Waals surface area (Å²) in [6.45, 7) is 2.58. The van der Waals surface area contributed by atoms with Gasteiger partial charge in [-0.15, -0.1) is 0 Å². The zero-order valence-corrected chi connectivity index (χ0v) is 37.0. The van der Waals surface area contributed by atoms with E-state index in [0.717, 1.165) is 44.3 Å². The third-order valence-corrected chi connectivity index (χ3v) is 13.2. The zero-order chi connectivity index (χ0) is 45.0. The van der Waals surface area contributed by atoms with Crippen LogP contribution in [-0.2, 0) is 25.6 Å². The Bertz CT molecular complexity index is 2300. The number of ketones is 1. The van der Waals surface area contributed by atoms with E-state index in [1.807, 2.05) is 48.2 Å². The number of nitrogens with zero attached hydrogens (tertiary/aromatic N) is 1. The van der Waals surface area contributed by atoms with E-state index < -0.39 is 35.9 Å². The molecular weight excluding hydrogens is 833 g/mol. The zero-order valence-electron chi connectivity index (χ0n) is 36.2. The van der Waals surface area contributed by atoms with E-state index in [9.17, 15) is 28.8 Å². The van der Waals surface area contributed by atoms with Gasteiger partial charge in [-0.3, -0.25) is 24.0 Å². The number of carbonyl (C=O) groups is 6. The predicted molar refractivity (Wildman–Crippen MR) is 246 cm³/mol. The number of amides is 6. The number of fused-ring (bicyclic) bond motifs is 2. The smallest absolute Gasteiger partial charge is 0.315 e. The van der Waals surface area contributed by atoms with Crippen LogP contribution in [0.15, 0.2) is 103 Å². The Morgan fingerprint density at radius 1 is 0.844 bits per heavy atom. The second-order valence-electron chi connectivity index (χ2n) is 16.5. The molecule has 2 fully saturated rings. The van der Waals surface area contributed by atoms with Crippen LogP contribution in [0, 0.1) is 0 Å². The summed E-state index contributed by atoms with van der Waals surface area (Å²) < 4.78 is 12.6. The number of unbranched alkanes of at least 4 members (excludes halogenated alkanes) is 3. The average Bonchev–Trinajstić information content (AvgIpc) is 3.84. The molecule has 6 amide bonds. The molecule has 0 aromatic heterocycles. The number of nitrogens with one attached hydrogen (secondary N) is 5. The van der Waals surface area contributed by atoms with Crippen molar-refractivity contribution in [2.75, 3.05) is 30.9 Å². The normalized spacial score (nSPS) is 20.3. The van der Waals surface area contributed by atoms with Crippen LogP contribution in [-0.4, -0.2) is 90.8 Å². The molecule has 64 heavy (non-hydrogen) atoms. The summed E-state index contributed by atoms with van der Waals surface area (Å²) in [4.78, 5) is 79.5. The number of hydrogen-bond acceptors (Lipinski definition) is 9. The first-order chi connectivity index (χ1) is 31.0. The summed E-state index contributed by atoms with van der Waals surface area (Å²) in [5.74, 6) is 0.417. The third-order valence-electron chi connectivity index (χ3n) is 11.7. The van der Waals surface area contributed by atoms with E-state index in [2.05, 4.69) is 26.6 Å². The molecule has 7 rings (SSSR count). The Morgan fingerprint density at radius 3 is 2.41 bits per heavy atom. The number of hydrogen-bond donors (Lipinski definition) is 5. The SMILES string of the molecule is C[C@H](NC(=O)Cc1cccc(C(=O)c2ccccc2)c1)C(=O)N[C@@H]1C(=O)N(C)c2cc(OCCCCCNC(=O)CCCC[C@@H]3SC[C@@H]4NC(=O)N[C@@H]43)ccc2O[C@@H]1c1ccccc1. The van der Waals surface area contributed by atoms with Crippen molar-refractivity contribution < 1.29 is 38.2 Å². The van der Waals surface area contributed by atoms with Gasteiger partial charge in [-0.05, 0) is 68.4 Å². The predicted octanol–water partition coefficient (Wildman–Crippen LogP) is 5.64. The first kappa shape index (κ1) is 45.7. The minimum atomic E-state index is -1.14. The number of urea groups is 1. The molecule has 14 nitrogen and oxygen atoms in total. The molecule has 3 heterocycles. The average molecular weight is 889 g/mol. The fourth-order valence-electron chi connectivity index (χ4n) is 8.24. The molecule has 15 heteroatoms. The Labute approximate surface area is 378 Å². The van der Waals surface area contributed by atoms with Crippen LogP contribution in [0.2, 0.25) is 0 Å². The minimum Gasteiger partial charge on any atom is -0.494 e. The van der Waals surface area contributed by atoms with Gasteiger partial charge in [0, 0.05) is 48.2 Å². The minimum absolute atomic E-state index is 0.0558. The molecule has 3 aliphatic heterocycles. The highest BCUT2D eigenvalue weighted by Crippen LogP contribution is 2.40. The second-order valence-corrected chi connectivity index (χ2v) is 17.7. The Balaban J connectivity index is 0.868.